The predicted molar refractivity (Wildman–Crippen MR) is 93.4 cm³/mol. The van der Waals surface area contributed by atoms with Crippen LogP contribution in [0.25, 0.3) is 0 Å². The molecule has 0 bridgehead atoms. The Morgan fingerprint density at radius 3 is 2.62 bits per heavy atom. The van der Waals surface area contributed by atoms with Crippen molar-refractivity contribution in [1.82, 2.24) is 10.3 Å². The van der Waals surface area contributed by atoms with Gasteiger partial charge < -0.3 is 10.6 Å². The molecule has 1 heterocycles. The minimum Gasteiger partial charge on any atom is -0.348 e. The van der Waals surface area contributed by atoms with Crippen LogP contribution in [0.1, 0.15) is 46.5 Å². The largest absolute Gasteiger partial charge is 0.348 e. The summed E-state index contributed by atoms with van der Waals surface area (Å²) in [7, 11) is 0. The molecule has 0 aliphatic heterocycles. The third-order valence-corrected chi connectivity index (χ3v) is 4.26. The molecule has 2 N–H and O–H groups in total. The normalized spacial score (nSPS) is 14.4. The van der Waals surface area contributed by atoms with E-state index in [2.05, 4.69) is 15.6 Å². The van der Waals surface area contributed by atoms with E-state index in [1.165, 1.54) is 12.3 Å². The van der Waals surface area contributed by atoms with Gasteiger partial charge >= 0.3 is 0 Å². The Morgan fingerprint density at radius 2 is 1.88 bits per heavy atom. The zero-order chi connectivity index (χ0) is 16.9. The van der Waals surface area contributed by atoms with E-state index in [4.69, 9.17) is 11.6 Å². The summed E-state index contributed by atoms with van der Waals surface area (Å²) in [5, 5.41) is 6.26. The van der Waals surface area contributed by atoms with Crippen LogP contribution in [0.2, 0.25) is 5.02 Å². The van der Waals surface area contributed by atoms with Crippen molar-refractivity contribution in [2.45, 2.75) is 31.7 Å². The predicted octanol–water partition coefficient (Wildman–Crippen LogP) is 3.66. The molecule has 1 aliphatic rings. The molecule has 0 unspecified atom stereocenters. The van der Waals surface area contributed by atoms with E-state index in [1.807, 2.05) is 0 Å². The number of carbonyl (C=O) groups excluding carboxylic acids is 2. The van der Waals surface area contributed by atoms with Crippen molar-refractivity contribution in [3.8, 4) is 0 Å². The van der Waals surface area contributed by atoms with Crippen molar-refractivity contribution in [3.63, 3.8) is 0 Å². The lowest BCUT2D eigenvalue weighted by atomic mass is 10.2. The van der Waals surface area contributed by atoms with Gasteiger partial charge in [-0.2, -0.15) is 0 Å². The highest BCUT2D eigenvalue weighted by Gasteiger charge is 2.19. The van der Waals surface area contributed by atoms with Crippen LogP contribution in [0.5, 0.6) is 0 Å². The molecule has 1 aromatic heterocycles. The molecule has 6 heteroatoms. The Balaban J connectivity index is 1.69. The molecule has 1 aromatic carbocycles. The fraction of sp³-hybridized carbons (Fsp3) is 0.278. The van der Waals surface area contributed by atoms with Gasteiger partial charge in [0.25, 0.3) is 11.8 Å². The summed E-state index contributed by atoms with van der Waals surface area (Å²) in [6.07, 6.45) is 5.75. The SMILES string of the molecule is O=C(Nc1cccc(Cl)c1)c1ccnc(C(=O)NC2CCCC2)c1. The van der Waals surface area contributed by atoms with Crippen LogP contribution >= 0.6 is 11.6 Å². The zero-order valence-corrected chi connectivity index (χ0v) is 13.8. The van der Waals surface area contributed by atoms with Crippen LogP contribution in [0, 0.1) is 0 Å². The first-order valence-corrected chi connectivity index (χ1v) is 8.33. The second-order valence-electron chi connectivity index (χ2n) is 5.85. The number of aromatic nitrogens is 1. The minimum atomic E-state index is -0.311. The molecule has 1 fully saturated rings. The van der Waals surface area contributed by atoms with Gasteiger partial charge in [0.05, 0.1) is 0 Å². The summed E-state index contributed by atoms with van der Waals surface area (Å²) in [5.74, 6) is -0.547. The molecule has 124 valence electrons. The Labute approximate surface area is 145 Å². The Hall–Kier alpha value is -2.40. The van der Waals surface area contributed by atoms with E-state index >= 15 is 0 Å². The van der Waals surface area contributed by atoms with Crippen LogP contribution in [0.4, 0.5) is 5.69 Å². The molecular formula is C18H18ClN3O2. The lowest BCUT2D eigenvalue weighted by Gasteiger charge is -2.12. The van der Waals surface area contributed by atoms with Crippen LogP contribution < -0.4 is 10.6 Å². The van der Waals surface area contributed by atoms with Crippen molar-refractivity contribution in [3.05, 3.63) is 58.9 Å². The first kappa shape index (κ1) is 16.5. The summed E-state index contributed by atoms with van der Waals surface area (Å²) in [6.45, 7) is 0. The maximum atomic E-state index is 12.3. The van der Waals surface area contributed by atoms with Gasteiger partial charge in [0, 0.05) is 28.5 Å². The summed E-state index contributed by atoms with van der Waals surface area (Å²) >= 11 is 5.91. The molecular weight excluding hydrogens is 326 g/mol. The van der Waals surface area contributed by atoms with Crippen LogP contribution in [-0.2, 0) is 0 Å². The van der Waals surface area contributed by atoms with E-state index in [-0.39, 0.29) is 23.6 Å². The number of nitrogens with zero attached hydrogens (tertiary/aromatic N) is 1. The maximum absolute atomic E-state index is 12.3. The number of amides is 2. The lowest BCUT2D eigenvalue weighted by molar-refractivity contribution is 0.0933. The summed E-state index contributed by atoms with van der Waals surface area (Å²) in [5.41, 5.74) is 1.23. The first-order valence-electron chi connectivity index (χ1n) is 7.95. The van der Waals surface area contributed by atoms with Crippen molar-refractivity contribution in [2.75, 3.05) is 5.32 Å². The number of hydrogen-bond acceptors (Lipinski definition) is 3. The molecule has 2 aromatic rings. The molecule has 3 rings (SSSR count). The summed E-state index contributed by atoms with van der Waals surface area (Å²) < 4.78 is 0. The fourth-order valence-electron chi connectivity index (χ4n) is 2.79. The van der Waals surface area contributed by atoms with Gasteiger partial charge in [-0.1, -0.05) is 30.5 Å². The second-order valence-corrected chi connectivity index (χ2v) is 6.29. The number of rotatable bonds is 4. The number of benzene rings is 1. The quantitative estimate of drug-likeness (QED) is 0.890. The molecule has 0 radical (unpaired) electrons. The highest BCUT2D eigenvalue weighted by molar-refractivity contribution is 6.31. The van der Waals surface area contributed by atoms with Gasteiger partial charge in [-0.05, 0) is 43.2 Å². The van der Waals surface area contributed by atoms with Crippen LogP contribution in [-0.4, -0.2) is 22.8 Å². The molecule has 0 atom stereocenters. The molecule has 1 saturated carbocycles. The van der Waals surface area contributed by atoms with Gasteiger partial charge in [0.2, 0.25) is 0 Å². The highest BCUT2D eigenvalue weighted by atomic mass is 35.5. The number of carbonyl (C=O) groups is 2. The Kier molecular flexibility index (Phi) is 5.11. The number of nitrogens with one attached hydrogen (secondary N) is 2. The monoisotopic (exact) mass is 343 g/mol. The molecule has 5 nitrogen and oxygen atoms in total. The van der Waals surface area contributed by atoms with Crippen LogP contribution in [0.15, 0.2) is 42.6 Å². The Morgan fingerprint density at radius 1 is 1.08 bits per heavy atom. The lowest BCUT2D eigenvalue weighted by Crippen LogP contribution is -2.33. The van der Waals surface area contributed by atoms with Crippen molar-refractivity contribution < 1.29 is 9.59 Å². The van der Waals surface area contributed by atoms with Crippen molar-refractivity contribution in [2.24, 2.45) is 0 Å². The Bertz CT molecular complexity index is 757. The van der Waals surface area contributed by atoms with Gasteiger partial charge in [-0.25, -0.2) is 0 Å². The molecule has 24 heavy (non-hydrogen) atoms. The summed E-state index contributed by atoms with van der Waals surface area (Å²) in [6, 6.07) is 10.2. The van der Waals surface area contributed by atoms with Crippen molar-refractivity contribution >= 4 is 29.1 Å². The van der Waals surface area contributed by atoms with Crippen LogP contribution in [0.3, 0.4) is 0 Å². The summed E-state index contributed by atoms with van der Waals surface area (Å²) in [4.78, 5) is 28.7. The van der Waals surface area contributed by atoms with E-state index in [0.717, 1.165) is 25.7 Å². The second kappa shape index (κ2) is 7.45. The topological polar surface area (TPSA) is 71.1 Å². The van der Waals surface area contributed by atoms with Crippen molar-refractivity contribution in [1.29, 1.82) is 0 Å². The molecule has 1 aliphatic carbocycles. The number of halogens is 1. The smallest absolute Gasteiger partial charge is 0.270 e. The fourth-order valence-corrected chi connectivity index (χ4v) is 2.99. The first-order chi connectivity index (χ1) is 11.6. The maximum Gasteiger partial charge on any atom is 0.270 e. The highest BCUT2D eigenvalue weighted by Crippen LogP contribution is 2.18. The van der Waals surface area contributed by atoms with E-state index < -0.39 is 0 Å². The molecule has 0 spiro atoms. The van der Waals surface area contributed by atoms with Gasteiger partial charge in [-0.15, -0.1) is 0 Å². The number of hydrogen-bond donors (Lipinski definition) is 2. The van der Waals surface area contributed by atoms with E-state index in [0.29, 0.717) is 16.3 Å². The average Bonchev–Trinajstić information content (AvgIpc) is 3.08. The van der Waals surface area contributed by atoms with Gasteiger partial charge in [0.15, 0.2) is 0 Å². The number of anilines is 1. The molecule has 0 saturated heterocycles. The standard InChI is InChI=1S/C18H18ClN3O2/c19-13-4-3-7-15(11-13)22-17(23)12-8-9-20-16(10-12)18(24)21-14-5-1-2-6-14/h3-4,7-11,14H,1-2,5-6H2,(H,21,24)(H,22,23). The minimum absolute atomic E-state index is 0.211. The van der Waals surface area contributed by atoms with E-state index in [9.17, 15) is 9.59 Å². The third kappa shape index (κ3) is 4.11. The third-order valence-electron chi connectivity index (χ3n) is 4.03. The van der Waals surface area contributed by atoms with Gasteiger partial charge in [-0.3, -0.25) is 14.6 Å². The zero-order valence-electron chi connectivity index (χ0n) is 13.1. The van der Waals surface area contributed by atoms with E-state index in [1.54, 1.807) is 30.3 Å². The average molecular weight is 344 g/mol. The number of pyridine rings is 1. The van der Waals surface area contributed by atoms with Gasteiger partial charge in [0.1, 0.15) is 5.69 Å². The molecule has 2 amide bonds.